The van der Waals surface area contributed by atoms with Gasteiger partial charge in [-0.15, -0.1) is 5.10 Å². The zero-order valence-corrected chi connectivity index (χ0v) is 12.4. The van der Waals surface area contributed by atoms with Crippen molar-refractivity contribution in [3.63, 3.8) is 0 Å². The number of nitrogens with zero attached hydrogens (tertiary/aromatic N) is 4. The second kappa shape index (κ2) is 6.09. The molecule has 0 radical (unpaired) electrons. The molecule has 108 valence electrons. The first-order valence-corrected chi connectivity index (χ1v) is 7.79. The predicted molar refractivity (Wildman–Crippen MR) is 81.3 cm³/mol. The van der Waals surface area contributed by atoms with E-state index < -0.39 is 0 Å². The molecule has 0 aliphatic heterocycles. The minimum atomic E-state index is 0.410. The van der Waals surface area contributed by atoms with Gasteiger partial charge < -0.3 is 0 Å². The lowest BCUT2D eigenvalue weighted by Gasteiger charge is -2.22. The highest BCUT2D eigenvalue weighted by molar-refractivity contribution is 5.44. The molecule has 0 N–H and O–H groups in total. The van der Waals surface area contributed by atoms with E-state index in [2.05, 4.69) is 35.4 Å². The summed E-state index contributed by atoms with van der Waals surface area (Å²) in [5.41, 5.74) is 3.81. The van der Waals surface area contributed by atoms with Crippen molar-refractivity contribution in [3.05, 3.63) is 41.2 Å². The summed E-state index contributed by atoms with van der Waals surface area (Å²) in [6.45, 7) is 2.14. The predicted octanol–water partition coefficient (Wildman–Crippen LogP) is 3.75. The second-order valence-electron chi connectivity index (χ2n) is 5.66. The van der Waals surface area contributed by atoms with Crippen molar-refractivity contribution in [3.8, 4) is 11.8 Å². The number of hydrogen-bond acceptors (Lipinski definition) is 3. The average Bonchev–Trinajstić information content (AvgIpc) is 2.99. The Morgan fingerprint density at radius 2 is 2.00 bits per heavy atom. The summed E-state index contributed by atoms with van der Waals surface area (Å²) in [5.74, 6) is 0.410. The van der Waals surface area contributed by atoms with E-state index in [-0.39, 0.29) is 0 Å². The molecule has 1 aromatic heterocycles. The molecule has 1 aliphatic carbocycles. The van der Waals surface area contributed by atoms with Crippen LogP contribution in [0.5, 0.6) is 0 Å². The van der Waals surface area contributed by atoms with Gasteiger partial charge in [-0.25, -0.2) is 4.68 Å². The van der Waals surface area contributed by atoms with Crippen LogP contribution in [0.25, 0.3) is 5.69 Å². The zero-order valence-electron chi connectivity index (χ0n) is 12.4. The van der Waals surface area contributed by atoms with Crippen molar-refractivity contribution >= 4 is 0 Å². The summed E-state index contributed by atoms with van der Waals surface area (Å²) in [4.78, 5) is 0. The van der Waals surface area contributed by atoms with Crippen molar-refractivity contribution in [2.45, 2.75) is 51.4 Å². The maximum Gasteiger partial charge on any atom is 0.186 e. The first-order chi connectivity index (χ1) is 10.3. The number of aromatic nitrogens is 3. The molecule has 1 saturated carbocycles. The minimum absolute atomic E-state index is 0.410. The summed E-state index contributed by atoms with van der Waals surface area (Å²) in [6, 6.07) is 10.5. The Labute approximate surface area is 125 Å². The Hall–Kier alpha value is -2.15. The summed E-state index contributed by atoms with van der Waals surface area (Å²) < 4.78 is 1.91. The smallest absolute Gasteiger partial charge is 0.186 e. The fraction of sp³-hybridized carbons (Fsp3) is 0.471. The van der Waals surface area contributed by atoms with Crippen molar-refractivity contribution in [2.75, 3.05) is 0 Å². The maximum absolute atomic E-state index is 9.37. The Morgan fingerprint density at radius 3 is 2.71 bits per heavy atom. The molecular weight excluding hydrogens is 260 g/mol. The van der Waals surface area contributed by atoms with Crippen LogP contribution in [0.1, 0.15) is 61.9 Å². The zero-order chi connectivity index (χ0) is 14.7. The molecule has 0 saturated heterocycles. The topological polar surface area (TPSA) is 54.5 Å². The number of para-hydroxylation sites is 1. The van der Waals surface area contributed by atoms with Gasteiger partial charge in [0, 0.05) is 5.92 Å². The van der Waals surface area contributed by atoms with Gasteiger partial charge in [-0.1, -0.05) is 49.6 Å². The van der Waals surface area contributed by atoms with Crippen LogP contribution < -0.4 is 0 Å². The van der Waals surface area contributed by atoms with Crippen molar-refractivity contribution in [2.24, 2.45) is 0 Å². The number of hydrogen-bond donors (Lipinski definition) is 0. The van der Waals surface area contributed by atoms with Crippen molar-refractivity contribution in [1.29, 1.82) is 5.26 Å². The molecule has 0 bridgehead atoms. The third kappa shape index (κ3) is 2.56. The van der Waals surface area contributed by atoms with Crippen molar-refractivity contribution < 1.29 is 0 Å². The molecular formula is C17H20N4. The third-order valence-corrected chi connectivity index (χ3v) is 4.40. The van der Waals surface area contributed by atoms with Gasteiger partial charge in [0.1, 0.15) is 6.07 Å². The maximum atomic E-state index is 9.37. The van der Waals surface area contributed by atoms with Crippen LogP contribution in [0, 0.1) is 11.3 Å². The first-order valence-electron chi connectivity index (χ1n) is 7.79. The Kier molecular flexibility index (Phi) is 4.01. The van der Waals surface area contributed by atoms with Gasteiger partial charge in [-0.05, 0) is 30.9 Å². The number of benzene rings is 1. The molecule has 1 aromatic carbocycles. The third-order valence-electron chi connectivity index (χ3n) is 4.40. The van der Waals surface area contributed by atoms with Gasteiger partial charge in [0.15, 0.2) is 5.69 Å². The molecule has 4 heteroatoms. The van der Waals surface area contributed by atoms with E-state index in [9.17, 15) is 5.26 Å². The Bertz CT molecular complexity index is 660. The summed E-state index contributed by atoms with van der Waals surface area (Å²) in [6.07, 6.45) is 6.98. The highest BCUT2D eigenvalue weighted by atomic mass is 15.4. The Morgan fingerprint density at radius 1 is 1.24 bits per heavy atom. The van der Waals surface area contributed by atoms with Crippen molar-refractivity contribution in [1.82, 2.24) is 15.0 Å². The summed E-state index contributed by atoms with van der Waals surface area (Å²) in [5, 5.41) is 17.8. The van der Waals surface area contributed by atoms with Gasteiger partial charge in [0.25, 0.3) is 0 Å². The average molecular weight is 280 g/mol. The SMILES string of the molecule is CCc1ccccc1-n1nnc(C#N)c1C1CCCCC1. The molecule has 1 heterocycles. The van der Waals surface area contributed by atoms with Gasteiger partial charge >= 0.3 is 0 Å². The van der Waals surface area contributed by atoms with Crippen LogP contribution >= 0.6 is 0 Å². The van der Waals surface area contributed by atoms with Crippen LogP contribution in [-0.4, -0.2) is 15.0 Å². The standard InChI is InChI=1S/C17H20N4/c1-2-13-8-6-7-11-16(13)21-17(15(12-18)19-20-21)14-9-4-3-5-10-14/h6-8,11,14H,2-5,9-10H2,1H3. The van der Waals surface area contributed by atoms with Crippen LogP contribution in [0.2, 0.25) is 0 Å². The summed E-state index contributed by atoms with van der Waals surface area (Å²) in [7, 11) is 0. The van der Waals surface area contributed by atoms with Gasteiger partial charge in [-0.3, -0.25) is 0 Å². The Balaban J connectivity index is 2.10. The molecule has 0 unspecified atom stereocenters. The molecule has 2 aromatic rings. The normalized spacial score (nSPS) is 15.8. The van der Waals surface area contributed by atoms with E-state index in [4.69, 9.17) is 0 Å². The first kappa shape index (κ1) is 13.8. The lowest BCUT2D eigenvalue weighted by Crippen LogP contribution is -2.13. The lowest BCUT2D eigenvalue weighted by atomic mass is 9.86. The molecule has 4 nitrogen and oxygen atoms in total. The molecule has 0 amide bonds. The van der Waals surface area contributed by atoms with Gasteiger partial charge in [-0.2, -0.15) is 5.26 Å². The van der Waals surface area contributed by atoms with Gasteiger partial charge in [0.2, 0.25) is 0 Å². The van der Waals surface area contributed by atoms with E-state index >= 15 is 0 Å². The largest absolute Gasteiger partial charge is 0.216 e. The molecule has 1 fully saturated rings. The highest BCUT2D eigenvalue weighted by Crippen LogP contribution is 2.35. The van der Waals surface area contributed by atoms with Crippen LogP contribution in [0.3, 0.4) is 0 Å². The molecule has 3 rings (SSSR count). The quantitative estimate of drug-likeness (QED) is 0.860. The summed E-state index contributed by atoms with van der Waals surface area (Å²) >= 11 is 0. The molecule has 0 spiro atoms. The molecule has 0 atom stereocenters. The monoisotopic (exact) mass is 280 g/mol. The molecule has 1 aliphatic rings. The highest BCUT2D eigenvalue weighted by Gasteiger charge is 2.25. The van der Waals surface area contributed by atoms with Crippen LogP contribution in [0.4, 0.5) is 0 Å². The van der Waals surface area contributed by atoms with E-state index in [0.29, 0.717) is 11.6 Å². The number of rotatable bonds is 3. The molecule has 21 heavy (non-hydrogen) atoms. The second-order valence-corrected chi connectivity index (χ2v) is 5.66. The fourth-order valence-corrected chi connectivity index (χ4v) is 3.31. The van der Waals surface area contributed by atoms with Gasteiger partial charge in [0.05, 0.1) is 11.4 Å². The van der Waals surface area contributed by atoms with E-state index in [1.807, 2.05) is 16.8 Å². The number of nitriles is 1. The lowest BCUT2D eigenvalue weighted by molar-refractivity contribution is 0.429. The van der Waals surface area contributed by atoms with Crippen LogP contribution in [0.15, 0.2) is 24.3 Å². The van der Waals surface area contributed by atoms with Crippen LogP contribution in [-0.2, 0) is 6.42 Å². The van der Waals surface area contributed by atoms with E-state index in [1.54, 1.807) is 0 Å². The van der Waals surface area contributed by atoms with E-state index in [1.165, 1.54) is 24.8 Å². The van der Waals surface area contributed by atoms with E-state index in [0.717, 1.165) is 30.6 Å². The number of aryl methyl sites for hydroxylation is 1. The fourth-order valence-electron chi connectivity index (χ4n) is 3.31. The minimum Gasteiger partial charge on any atom is -0.216 e.